The van der Waals surface area contributed by atoms with Crippen LogP contribution in [0.25, 0.3) is 5.57 Å². The van der Waals surface area contributed by atoms with Gasteiger partial charge in [-0.1, -0.05) is 6.07 Å². The van der Waals surface area contributed by atoms with Crippen molar-refractivity contribution >= 4 is 21.3 Å². The molecule has 0 atom stereocenters. The number of hydrogen-bond donors (Lipinski definition) is 1. The number of hydrogen-bond acceptors (Lipinski definition) is 5. The van der Waals surface area contributed by atoms with Gasteiger partial charge in [0.2, 0.25) is 10.0 Å². The van der Waals surface area contributed by atoms with Gasteiger partial charge in [-0.3, -0.25) is 4.99 Å². The molecule has 2 aliphatic heterocycles. The number of allylic oxidation sites excluding steroid dienone is 5. The Morgan fingerprint density at radius 1 is 1.19 bits per heavy atom. The summed E-state index contributed by atoms with van der Waals surface area (Å²) in [6.45, 7) is 2.12. The Morgan fingerprint density at radius 2 is 1.96 bits per heavy atom. The van der Waals surface area contributed by atoms with Crippen molar-refractivity contribution in [2.75, 3.05) is 33.3 Å². The summed E-state index contributed by atoms with van der Waals surface area (Å²) in [6, 6.07) is 5.02. The zero-order valence-corrected chi connectivity index (χ0v) is 15.7. The van der Waals surface area contributed by atoms with Crippen LogP contribution in [0.1, 0.15) is 12.0 Å². The fraction of sp³-hybridized carbons (Fsp3) is 0.316. The van der Waals surface area contributed by atoms with Crippen LogP contribution in [-0.4, -0.2) is 51.7 Å². The molecule has 1 aromatic carbocycles. The maximum Gasteiger partial charge on any atom is 0.246 e. The van der Waals surface area contributed by atoms with Crippen molar-refractivity contribution < 1.29 is 17.5 Å². The van der Waals surface area contributed by atoms with Crippen molar-refractivity contribution in [2.24, 2.45) is 4.99 Å². The molecule has 6 nitrogen and oxygen atoms in total. The van der Waals surface area contributed by atoms with Gasteiger partial charge in [0.1, 0.15) is 16.5 Å². The molecule has 1 aromatic rings. The molecule has 0 unspecified atom stereocenters. The number of nitrogens with one attached hydrogen (secondary N) is 1. The molecule has 2 heterocycles. The third-order valence-electron chi connectivity index (χ3n) is 4.89. The second kappa shape index (κ2) is 7.03. The Kier molecular flexibility index (Phi) is 4.71. The molecule has 1 saturated heterocycles. The maximum absolute atomic E-state index is 13.4. The van der Waals surface area contributed by atoms with Crippen LogP contribution in [0.3, 0.4) is 0 Å². The number of methoxy groups -OCH3 is 1. The van der Waals surface area contributed by atoms with Gasteiger partial charge in [-0.15, -0.1) is 0 Å². The van der Waals surface area contributed by atoms with Gasteiger partial charge in [0.05, 0.1) is 12.8 Å². The van der Waals surface area contributed by atoms with E-state index in [1.165, 1.54) is 17.5 Å². The van der Waals surface area contributed by atoms with Crippen LogP contribution in [0.4, 0.5) is 4.39 Å². The number of halogens is 1. The summed E-state index contributed by atoms with van der Waals surface area (Å²) in [4.78, 5) is 4.45. The van der Waals surface area contributed by atoms with Crippen molar-refractivity contribution in [1.82, 2.24) is 9.62 Å². The molecular formula is C19H20FN3O3S. The molecule has 142 valence electrons. The minimum Gasteiger partial charge on any atom is -0.495 e. The summed E-state index contributed by atoms with van der Waals surface area (Å²) in [5.74, 6) is 0.0701. The van der Waals surface area contributed by atoms with E-state index in [1.807, 2.05) is 0 Å². The minimum atomic E-state index is -3.63. The summed E-state index contributed by atoms with van der Waals surface area (Å²) in [6.07, 6.45) is 5.01. The van der Waals surface area contributed by atoms with E-state index in [9.17, 15) is 12.8 Å². The van der Waals surface area contributed by atoms with Gasteiger partial charge in [-0.25, -0.2) is 12.8 Å². The lowest BCUT2D eigenvalue weighted by Gasteiger charge is -2.27. The van der Waals surface area contributed by atoms with Crippen LogP contribution in [-0.2, 0) is 10.0 Å². The molecule has 27 heavy (non-hydrogen) atoms. The molecule has 4 rings (SSSR count). The van der Waals surface area contributed by atoms with Gasteiger partial charge in [-0.05, 0) is 29.8 Å². The van der Waals surface area contributed by atoms with Crippen molar-refractivity contribution in [3.63, 3.8) is 0 Å². The van der Waals surface area contributed by atoms with Crippen LogP contribution < -0.4 is 10.1 Å². The highest BCUT2D eigenvalue weighted by atomic mass is 32.2. The Labute approximate surface area is 157 Å². The molecular weight excluding hydrogens is 369 g/mol. The minimum absolute atomic E-state index is 0.152. The van der Waals surface area contributed by atoms with E-state index >= 15 is 0 Å². The molecule has 8 heteroatoms. The summed E-state index contributed by atoms with van der Waals surface area (Å²) >= 11 is 0. The SMILES string of the molecule is COc1cc(C2=CN=C3CC(F)=CC=C23)ccc1S(=O)(=O)N1CCNCC1. The van der Waals surface area contributed by atoms with Crippen LogP contribution in [0, 0.1) is 0 Å². The van der Waals surface area contributed by atoms with Gasteiger partial charge in [0, 0.05) is 49.9 Å². The molecule has 0 radical (unpaired) electrons. The zero-order chi connectivity index (χ0) is 19.0. The second-order valence-electron chi connectivity index (χ2n) is 6.51. The Balaban J connectivity index is 1.69. The van der Waals surface area contributed by atoms with Gasteiger partial charge in [0.15, 0.2) is 0 Å². The second-order valence-corrected chi connectivity index (χ2v) is 8.42. The third-order valence-corrected chi connectivity index (χ3v) is 6.82. The number of rotatable bonds is 4. The van der Waals surface area contributed by atoms with Crippen LogP contribution >= 0.6 is 0 Å². The third kappa shape index (κ3) is 3.24. The number of sulfonamides is 1. The summed E-state index contributed by atoms with van der Waals surface area (Å²) in [7, 11) is -2.17. The summed E-state index contributed by atoms with van der Waals surface area (Å²) < 4.78 is 46.3. The van der Waals surface area contributed by atoms with Gasteiger partial charge in [-0.2, -0.15) is 4.31 Å². The predicted molar refractivity (Wildman–Crippen MR) is 102 cm³/mol. The predicted octanol–water partition coefficient (Wildman–Crippen LogP) is 2.27. The van der Waals surface area contributed by atoms with E-state index in [1.54, 1.807) is 30.5 Å². The quantitative estimate of drug-likeness (QED) is 0.858. The van der Waals surface area contributed by atoms with Crippen molar-refractivity contribution in [2.45, 2.75) is 11.3 Å². The van der Waals surface area contributed by atoms with Gasteiger partial charge in [0.25, 0.3) is 0 Å². The lowest BCUT2D eigenvalue weighted by molar-refractivity contribution is 0.355. The van der Waals surface area contributed by atoms with E-state index in [-0.39, 0.29) is 17.1 Å². The van der Waals surface area contributed by atoms with Gasteiger partial charge >= 0.3 is 0 Å². The fourth-order valence-electron chi connectivity index (χ4n) is 3.46. The highest BCUT2D eigenvalue weighted by Gasteiger charge is 2.30. The first-order valence-electron chi connectivity index (χ1n) is 8.74. The number of aliphatic imine (C=N–C) groups is 1. The maximum atomic E-state index is 13.4. The molecule has 3 aliphatic rings. The molecule has 1 N–H and O–H groups in total. The average Bonchev–Trinajstić information content (AvgIpc) is 3.11. The highest BCUT2D eigenvalue weighted by Crippen LogP contribution is 2.37. The summed E-state index contributed by atoms with van der Waals surface area (Å²) in [5, 5.41) is 3.15. The lowest BCUT2D eigenvalue weighted by Crippen LogP contribution is -2.46. The molecule has 0 saturated carbocycles. The van der Waals surface area contributed by atoms with E-state index in [0.717, 1.165) is 16.7 Å². The van der Waals surface area contributed by atoms with Crippen molar-refractivity contribution in [3.8, 4) is 5.75 Å². The first kappa shape index (κ1) is 18.1. The normalized spacial score (nSPS) is 20.4. The Hall–Kier alpha value is -2.29. The zero-order valence-electron chi connectivity index (χ0n) is 14.9. The van der Waals surface area contributed by atoms with Gasteiger partial charge < -0.3 is 10.1 Å². The Morgan fingerprint density at radius 3 is 2.70 bits per heavy atom. The molecule has 0 bridgehead atoms. The van der Waals surface area contributed by atoms with Crippen LogP contribution in [0.15, 0.2) is 57.8 Å². The highest BCUT2D eigenvalue weighted by molar-refractivity contribution is 7.89. The molecule has 0 aromatic heterocycles. The van der Waals surface area contributed by atoms with E-state index in [4.69, 9.17) is 4.74 Å². The average molecular weight is 389 g/mol. The molecule has 0 amide bonds. The van der Waals surface area contributed by atoms with Crippen molar-refractivity contribution in [3.05, 3.63) is 53.5 Å². The number of benzene rings is 1. The molecule has 0 spiro atoms. The number of ether oxygens (including phenoxy) is 1. The number of fused-ring (bicyclic) bond motifs is 1. The topological polar surface area (TPSA) is 71.0 Å². The first-order chi connectivity index (χ1) is 13.0. The summed E-state index contributed by atoms with van der Waals surface area (Å²) in [5.41, 5.74) is 3.16. The Bertz CT molecular complexity index is 1000. The van der Waals surface area contributed by atoms with E-state index in [0.29, 0.717) is 37.6 Å². The molecule has 1 aliphatic carbocycles. The number of nitrogens with zero attached hydrogens (tertiary/aromatic N) is 2. The largest absolute Gasteiger partial charge is 0.495 e. The van der Waals surface area contributed by atoms with Crippen LogP contribution in [0.5, 0.6) is 5.75 Å². The van der Waals surface area contributed by atoms with Crippen molar-refractivity contribution in [1.29, 1.82) is 0 Å². The number of piperazine rings is 1. The van der Waals surface area contributed by atoms with E-state index in [2.05, 4.69) is 10.3 Å². The standard InChI is InChI=1S/C19H20FN3O3S/c1-26-18-10-13(16-12-22-17-11-14(20)3-4-15(16)17)2-5-19(18)27(24,25)23-8-6-21-7-9-23/h2-5,10,12,21H,6-9,11H2,1H3. The lowest BCUT2D eigenvalue weighted by atomic mass is 9.92. The molecule has 1 fully saturated rings. The van der Waals surface area contributed by atoms with Crippen LogP contribution in [0.2, 0.25) is 0 Å². The fourth-order valence-corrected chi connectivity index (χ4v) is 5.04. The smallest absolute Gasteiger partial charge is 0.246 e. The monoisotopic (exact) mass is 389 g/mol. The van der Waals surface area contributed by atoms with E-state index < -0.39 is 10.0 Å². The first-order valence-corrected chi connectivity index (χ1v) is 10.2.